The smallest absolute Gasteiger partial charge is 0.193 e. The molecule has 0 amide bonds. The Morgan fingerprint density at radius 2 is 1.86 bits per heavy atom. The van der Waals surface area contributed by atoms with Gasteiger partial charge < -0.3 is 19.7 Å². The average molecular weight is 520 g/mol. The monoisotopic (exact) mass is 520 g/mol. The van der Waals surface area contributed by atoms with Gasteiger partial charge in [0.1, 0.15) is 11.9 Å². The van der Waals surface area contributed by atoms with Crippen molar-refractivity contribution < 1.29 is 13.9 Å². The van der Waals surface area contributed by atoms with Crippen LogP contribution in [0, 0.1) is 5.82 Å². The molecule has 0 saturated carbocycles. The molecule has 2 unspecified atom stereocenters. The molecule has 2 fully saturated rings. The summed E-state index contributed by atoms with van der Waals surface area (Å²) in [4.78, 5) is 9.20. The van der Waals surface area contributed by atoms with Gasteiger partial charge in [-0.25, -0.2) is 4.39 Å². The van der Waals surface area contributed by atoms with Crippen molar-refractivity contribution in [3.05, 3.63) is 35.6 Å². The van der Waals surface area contributed by atoms with E-state index in [1.807, 2.05) is 7.05 Å². The molecule has 1 N–H and O–H groups in total. The van der Waals surface area contributed by atoms with Crippen LogP contribution in [0.2, 0.25) is 0 Å². The highest BCUT2D eigenvalue weighted by atomic mass is 127. The Bertz CT molecular complexity index is 665. The van der Waals surface area contributed by atoms with Gasteiger partial charge >= 0.3 is 0 Å². The van der Waals surface area contributed by atoms with Crippen LogP contribution in [-0.4, -0.2) is 80.4 Å². The van der Waals surface area contributed by atoms with Gasteiger partial charge in [-0.1, -0.05) is 12.1 Å². The molecule has 2 saturated heterocycles. The molecular weight excluding hydrogens is 486 g/mol. The van der Waals surface area contributed by atoms with Gasteiger partial charge in [-0.2, -0.15) is 0 Å². The van der Waals surface area contributed by atoms with Crippen molar-refractivity contribution >= 4 is 29.9 Å². The van der Waals surface area contributed by atoms with Crippen LogP contribution in [-0.2, 0) is 9.47 Å². The standard InChI is InChI=1S/C21H33FN4O2.HI/c1-16-13-25(14-19(28-16)17-5-7-18(22)8-6-17)20(23-4)24-15-21(2,3)26-9-11-27-12-10-26;/h5-8,16,19H,9-15H2,1-4H3,(H,23,24);1H. The lowest BCUT2D eigenvalue weighted by Crippen LogP contribution is -2.58. The van der Waals surface area contributed by atoms with Gasteiger partial charge in [0.2, 0.25) is 0 Å². The third-order valence-corrected chi connectivity index (χ3v) is 5.56. The zero-order chi connectivity index (χ0) is 20.1. The number of ether oxygens (including phenoxy) is 2. The number of hydrogen-bond acceptors (Lipinski definition) is 4. The minimum absolute atomic E-state index is 0. The van der Waals surface area contributed by atoms with Crippen molar-refractivity contribution in [3.8, 4) is 0 Å². The van der Waals surface area contributed by atoms with Crippen molar-refractivity contribution in [1.29, 1.82) is 0 Å². The Balaban J connectivity index is 0.00000300. The van der Waals surface area contributed by atoms with Gasteiger partial charge in [0.25, 0.3) is 0 Å². The second kappa shape index (κ2) is 10.9. The highest BCUT2D eigenvalue weighted by Crippen LogP contribution is 2.25. The average Bonchev–Trinajstić information content (AvgIpc) is 2.69. The summed E-state index contributed by atoms with van der Waals surface area (Å²) in [5.41, 5.74) is 0.996. The summed E-state index contributed by atoms with van der Waals surface area (Å²) in [5.74, 6) is 0.649. The maximum Gasteiger partial charge on any atom is 0.193 e. The number of aliphatic imine (C=N–C) groups is 1. The first-order chi connectivity index (χ1) is 13.4. The topological polar surface area (TPSA) is 49.3 Å². The van der Waals surface area contributed by atoms with Crippen LogP contribution in [0.1, 0.15) is 32.4 Å². The van der Waals surface area contributed by atoms with E-state index in [9.17, 15) is 4.39 Å². The molecule has 2 aliphatic rings. The SMILES string of the molecule is CN=C(NCC(C)(C)N1CCOCC1)N1CC(C)OC(c2ccc(F)cc2)C1.I. The van der Waals surface area contributed by atoms with Crippen LogP contribution in [0.5, 0.6) is 0 Å². The number of guanidine groups is 1. The molecule has 6 nitrogen and oxygen atoms in total. The molecular formula is C21H34FIN4O2. The van der Waals surface area contributed by atoms with E-state index in [0.29, 0.717) is 6.54 Å². The number of morpholine rings is 2. The van der Waals surface area contributed by atoms with Gasteiger partial charge in [0.15, 0.2) is 5.96 Å². The molecule has 2 atom stereocenters. The maximum atomic E-state index is 13.3. The summed E-state index contributed by atoms with van der Waals surface area (Å²) in [6.07, 6.45) is -0.0373. The van der Waals surface area contributed by atoms with Crippen LogP contribution in [0.4, 0.5) is 4.39 Å². The van der Waals surface area contributed by atoms with E-state index in [2.05, 4.69) is 40.9 Å². The van der Waals surface area contributed by atoms with E-state index < -0.39 is 0 Å². The van der Waals surface area contributed by atoms with Crippen molar-refractivity contribution in [2.24, 2.45) is 4.99 Å². The fourth-order valence-corrected chi connectivity index (χ4v) is 3.89. The highest BCUT2D eigenvalue weighted by molar-refractivity contribution is 14.0. The zero-order valence-electron chi connectivity index (χ0n) is 17.9. The predicted octanol–water partition coefficient (Wildman–Crippen LogP) is 2.89. The van der Waals surface area contributed by atoms with E-state index in [4.69, 9.17) is 9.47 Å². The van der Waals surface area contributed by atoms with Crippen LogP contribution in [0.3, 0.4) is 0 Å². The van der Waals surface area contributed by atoms with Gasteiger partial charge in [-0.05, 0) is 38.5 Å². The second-order valence-electron chi connectivity index (χ2n) is 8.20. The van der Waals surface area contributed by atoms with E-state index >= 15 is 0 Å². The van der Waals surface area contributed by atoms with Gasteiger partial charge in [0, 0.05) is 38.8 Å². The lowest BCUT2D eigenvalue weighted by Gasteiger charge is -2.43. The molecule has 0 aromatic heterocycles. The summed E-state index contributed by atoms with van der Waals surface area (Å²) in [5, 5.41) is 3.56. The largest absolute Gasteiger partial charge is 0.379 e. The van der Waals surface area contributed by atoms with Crippen LogP contribution in [0.15, 0.2) is 29.3 Å². The normalized spacial score (nSPS) is 24.2. The molecule has 8 heteroatoms. The minimum Gasteiger partial charge on any atom is -0.379 e. The molecule has 0 aliphatic carbocycles. The lowest BCUT2D eigenvalue weighted by atomic mass is 10.0. The molecule has 29 heavy (non-hydrogen) atoms. The Hall–Kier alpha value is -0.970. The van der Waals surface area contributed by atoms with E-state index in [1.54, 1.807) is 12.1 Å². The molecule has 3 rings (SSSR count). The predicted molar refractivity (Wildman–Crippen MR) is 125 cm³/mol. The van der Waals surface area contributed by atoms with Crippen LogP contribution in [0.25, 0.3) is 0 Å². The van der Waals surface area contributed by atoms with E-state index in [1.165, 1.54) is 12.1 Å². The molecule has 164 valence electrons. The molecule has 0 bridgehead atoms. The molecule has 2 aliphatic heterocycles. The van der Waals surface area contributed by atoms with E-state index in [0.717, 1.165) is 50.9 Å². The van der Waals surface area contributed by atoms with Gasteiger partial charge in [-0.15, -0.1) is 24.0 Å². The number of nitrogens with zero attached hydrogens (tertiary/aromatic N) is 3. The molecule has 2 heterocycles. The second-order valence-corrected chi connectivity index (χ2v) is 8.20. The van der Waals surface area contributed by atoms with Crippen LogP contribution < -0.4 is 5.32 Å². The Morgan fingerprint density at radius 3 is 2.48 bits per heavy atom. The fourth-order valence-electron chi connectivity index (χ4n) is 3.89. The lowest BCUT2D eigenvalue weighted by molar-refractivity contribution is -0.0608. The number of rotatable bonds is 4. The van der Waals surface area contributed by atoms with Crippen molar-refractivity contribution in [2.45, 2.75) is 38.5 Å². The Kier molecular flexibility index (Phi) is 9.12. The summed E-state index contributed by atoms with van der Waals surface area (Å²) in [6.45, 7) is 12.3. The third-order valence-electron chi connectivity index (χ3n) is 5.56. The Labute approximate surface area is 190 Å². The first kappa shape index (κ1) is 24.3. The molecule has 0 radical (unpaired) electrons. The zero-order valence-corrected chi connectivity index (χ0v) is 20.2. The Morgan fingerprint density at radius 1 is 1.21 bits per heavy atom. The van der Waals surface area contributed by atoms with Gasteiger partial charge in [0.05, 0.1) is 25.9 Å². The maximum absolute atomic E-state index is 13.3. The summed E-state index contributed by atoms with van der Waals surface area (Å²) in [6, 6.07) is 6.57. The van der Waals surface area contributed by atoms with Crippen molar-refractivity contribution in [1.82, 2.24) is 15.1 Å². The molecule has 1 aromatic carbocycles. The minimum atomic E-state index is -0.229. The third kappa shape index (κ3) is 6.50. The quantitative estimate of drug-likeness (QED) is 0.376. The van der Waals surface area contributed by atoms with Crippen LogP contribution >= 0.6 is 24.0 Å². The molecule has 0 spiro atoms. The van der Waals surface area contributed by atoms with Crippen molar-refractivity contribution in [2.75, 3.05) is 53.0 Å². The number of nitrogens with one attached hydrogen (secondary N) is 1. The summed E-state index contributed by atoms with van der Waals surface area (Å²) in [7, 11) is 1.82. The first-order valence-electron chi connectivity index (χ1n) is 10.1. The number of hydrogen-bond donors (Lipinski definition) is 1. The van der Waals surface area contributed by atoms with E-state index in [-0.39, 0.29) is 47.5 Å². The molecule has 1 aromatic rings. The number of halogens is 2. The highest BCUT2D eigenvalue weighted by Gasteiger charge is 2.31. The number of benzene rings is 1. The summed E-state index contributed by atoms with van der Waals surface area (Å²) >= 11 is 0. The summed E-state index contributed by atoms with van der Waals surface area (Å²) < 4.78 is 24.9. The van der Waals surface area contributed by atoms with Crippen molar-refractivity contribution in [3.63, 3.8) is 0 Å². The fraction of sp³-hybridized carbons (Fsp3) is 0.667. The van der Waals surface area contributed by atoms with Gasteiger partial charge in [-0.3, -0.25) is 9.89 Å². The first-order valence-corrected chi connectivity index (χ1v) is 10.1.